The van der Waals surface area contributed by atoms with Gasteiger partial charge in [0.15, 0.2) is 5.75 Å². The molecule has 2 N–H and O–H groups in total. The van der Waals surface area contributed by atoms with Crippen molar-refractivity contribution in [1.82, 2.24) is 4.31 Å². The molecule has 0 bridgehead atoms. The van der Waals surface area contributed by atoms with Crippen molar-refractivity contribution in [3.05, 3.63) is 22.7 Å². The Morgan fingerprint density at radius 2 is 2.25 bits per heavy atom. The van der Waals surface area contributed by atoms with E-state index in [0.29, 0.717) is 31.1 Å². The molecular weight excluding hydrogens is 344 g/mol. The van der Waals surface area contributed by atoms with E-state index in [9.17, 15) is 8.42 Å². The summed E-state index contributed by atoms with van der Waals surface area (Å²) in [5.41, 5.74) is 6.45. The van der Waals surface area contributed by atoms with Gasteiger partial charge in [-0.3, -0.25) is 0 Å². The van der Waals surface area contributed by atoms with Crippen LogP contribution in [0.3, 0.4) is 0 Å². The van der Waals surface area contributed by atoms with Crippen molar-refractivity contribution in [3.63, 3.8) is 0 Å². The highest BCUT2D eigenvalue weighted by atomic mass is 79.9. The normalized spacial score (nSPS) is 20.8. The molecule has 0 spiro atoms. The lowest BCUT2D eigenvalue weighted by atomic mass is 10.0. The molecule has 1 aliphatic rings. The molecule has 7 heteroatoms. The molecule has 1 fully saturated rings. The molecule has 1 saturated heterocycles. The molecule has 1 aromatic carbocycles. The third-order valence-corrected chi connectivity index (χ3v) is 5.31. The van der Waals surface area contributed by atoms with Gasteiger partial charge in [-0.05, 0) is 40.9 Å². The number of hydrogen-bond acceptors (Lipinski definition) is 4. The first-order valence-corrected chi connectivity index (χ1v) is 9.14. The lowest BCUT2D eigenvalue weighted by Gasteiger charge is -2.30. The van der Waals surface area contributed by atoms with E-state index < -0.39 is 10.0 Å². The molecule has 0 saturated carbocycles. The fourth-order valence-electron chi connectivity index (χ4n) is 2.34. The zero-order chi connectivity index (χ0) is 14.8. The summed E-state index contributed by atoms with van der Waals surface area (Å²) in [4.78, 5) is 0. The Hall–Kier alpha value is -0.790. The number of ether oxygens (including phenoxy) is 1. The largest absolute Gasteiger partial charge is 0.490 e. The Morgan fingerprint density at radius 1 is 1.50 bits per heavy atom. The molecule has 1 aromatic rings. The number of sulfonamides is 1. The van der Waals surface area contributed by atoms with Gasteiger partial charge in [-0.2, -0.15) is 0 Å². The Morgan fingerprint density at radius 3 is 2.90 bits per heavy atom. The molecule has 1 heterocycles. The van der Waals surface area contributed by atoms with Crippen molar-refractivity contribution in [1.29, 1.82) is 0 Å². The predicted molar refractivity (Wildman–Crippen MR) is 83.2 cm³/mol. The van der Waals surface area contributed by atoms with Crippen LogP contribution in [0, 0.1) is 5.92 Å². The second kappa shape index (κ2) is 6.32. The van der Waals surface area contributed by atoms with Crippen LogP contribution in [0.1, 0.15) is 12.8 Å². The maximum atomic E-state index is 11.6. The van der Waals surface area contributed by atoms with Gasteiger partial charge in [0.05, 0.1) is 23.0 Å². The SMILES string of the molecule is CS(=O)(=O)N1CCCC(COc2c(N)cccc2Br)C1. The number of piperidine rings is 1. The lowest BCUT2D eigenvalue weighted by Crippen LogP contribution is -2.40. The minimum atomic E-state index is -3.11. The van der Waals surface area contributed by atoms with Crippen LogP contribution >= 0.6 is 15.9 Å². The molecule has 0 amide bonds. The molecule has 0 aliphatic carbocycles. The van der Waals surface area contributed by atoms with Gasteiger partial charge in [0.2, 0.25) is 10.0 Å². The van der Waals surface area contributed by atoms with Crippen molar-refractivity contribution in [2.75, 3.05) is 31.7 Å². The summed E-state index contributed by atoms with van der Waals surface area (Å²) in [5.74, 6) is 0.828. The number of halogens is 1. The van der Waals surface area contributed by atoms with Gasteiger partial charge >= 0.3 is 0 Å². The summed E-state index contributed by atoms with van der Waals surface area (Å²) in [6.45, 7) is 1.59. The summed E-state index contributed by atoms with van der Waals surface area (Å²) in [5, 5.41) is 0. The highest BCUT2D eigenvalue weighted by Gasteiger charge is 2.26. The third kappa shape index (κ3) is 3.86. The van der Waals surface area contributed by atoms with Crippen molar-refractivity contribution >= 4 is 31.6 Å². The molecule has 2 rings (SSSR count). The first-order valence-electron chi connectivity index (χ1n) is 6.50. The Bertz CT molecular complexity index is 557. The number of hydrogen-bond donors (Lipinski definition) is 1. The Kier molecular flexibility index (Phi) is 4.93. The predicted octanol–water partition coefficient (Wildman–Crippen LogP) is 2.08. The average Bonchev–Trinajstić information content (AvgIpc) is 2.37. The Balaban J connectivity index is 1.97. The van der Waals surface area contributed by atoms with E-state index in [0.717, 1.165) is 17.3 Å². The van der Waals surface area contributed by atoms with Gasteiger partial charge in [0, 0.05) is 19.0 Å². The van der Waals surface area contributed by atoms with Crippen molar-refractivity contribution in [3.8, 4) is 5.75 Å². The number of benzene rings is 1. The van der Waals surface area contributed by atoms with E-state index in [2.05, 4.69) is 15.9 Å². The number of anilines is 1. The maximum absolute atomic E-state index is 11.6. The summed E-state index contributed by atoms with van der Waals surface area (Å²) in [6, 6.07) is 5.50. The third-order valence-electron chi connectivity index (χ3n) is 3.41. The van der Waals surface area contributed by atoms with E-state index >= 15 is 0 Å². The van der Waals surface area contributed by atoms with Gasteiger partial charge in [0.1, 0.15) is 0 Å². The van der Waals surface area contributed by atoms with Crippen molar-refractivity contribution < 1.29 is 13.2 Å². The van der Waals surface area contributed by atoms with Crippen LogP contribution in [0.2, 0.25) is 0 Å². The second-order valence-corrected chi connectivity index (χ2v) is 7.94. The van der Waals surface area contributed by atoms with E-state index in [-0.39, 0.29) is 5.92 Å². The van der Waals surface area contributed by atoms with Gasteiger partial charge < -0.3 is 10.5 Å². The fourth-order valence-corrected chi connectivity index (χ4v) is 3.78. The second-order valence-electron chi connectivity index (χ2n) is 5.10. The van der Waals surface area contributed by atoms with Crippen LogP contribution < -0.4 is 10.5 Å². The molecule has 1 atom stereocenters. The highest BCUT2D eigenvalue weighted by Crippen LogP contribution is 2.32. The van der Waals surface area contributed by atoms with E-state index in [4.69, 9.17) is 10.5 Å². The van der Waals surface area contributed by atoms with E-state index in [1.807, 2.05) is 12.1 Å². The van der Waals surface area contributed by atoms with E-state index in [1.54, 1.807) is 6.07 Å². The highest BCUT2D eigenvalue weighted by molar-refractivity contribution is 9.10. The molecule has 1 unspecified atom stereocenters. The van der Waals surface area contributed by atoms with Crippen molar-refractivity contribution in [2.45, 2.75) is 12.8 Å². The van der Waals surface area contributed by atoms with E-state index in [1.165, 1.54) is 10.6 Å². The summed E-state index contributed by atoms with van der Waals surface area (Å²) in [6.07, 6.45) is 3.09. The molecule has 20 heavy (non-hydrogen) atoms. The number of nitrogens with zero attached hydrogens (tertiary/aromatic N) is 1. The number of rotatable bonds is 4. The van der Waals surface area contributed by atoms with Gasteiger partial charge in [0.25, 0.3) is 0 Å². The smallest absolute Gasteiger partial charge is 0.211 e. The molecule has 0 radical (unpaired) electrons. The lowest BCUT2D eigenvalue weighted by molar-refractivity contribution is 0.180. The van der Waals surface area contributed by atoms with Crippen LogP contribution in [0.15, 0.2) is 22.7 Å². The summed E-state index contributed by atoms with van der Waals surface area (Å²) in [7, 11) is -3.11. The zero-order valence-corrected chi connectivity index (χ0v) is 13.8. The number of nitrogens with two attached hydrogens (primary N) is 1. The quantitative estimate of drug-likeness (QED) is 0.832. The summed E-state index contributed by atoms with van der Waals surface area (Å²) < 4.78 is 31.3. The first kappa shape index (κ1) is 15.6. The van der Waals surface area contributed by atoms with Crippen LogP contribution in [-0.4, -0.2) is 38.7 Å². The van der Waals surface area contributed by atoms with Crippen LogP contribution in [0.25, 0.3) is 0 Å². The minimum Gasteiger partial charge on any atom is -0.490 e. The van der Waals surface area contributed by atoms with Crippen LogP contribution in [0.5, 0.6) is 5.75 Å². The fraction of sp³-hybridized carbons (Fsp3) is 0.538. The first-order chi connectivity index (χ1) is 9.38. The molecular formula is C13H19BrN2O3S. The van der Waals surface area contributed by atoms with Crippen LogP contribution in [0.4, 0.5) is 5.69 Å². The summed E-state index contributed by atoms with van der Waals surface area (Å²) >= 11 is 3.40. The minimum absolute atomic E-state index is 0.199. The maximum Gasteiger partial charge on any atom is 0.211 e. The van der Waals surface area contributed by atoms with Gasteiger partial charge in [-0.25, -0.2) is 12.7 Å². The zero-order valence-electron chi connectivity index (χ0n) is 11.4. The van der Waals surface area contributed by atoms with Crippen LogP contribution in [-0.2, 0) is 10.0 Å². The molecule has 5 nitrogen and oxygen atoms in total. The van der Waals surface area contributed by atoms with Gasteiger partial charge in [-0.1, -0.05) is 6.07 Å². The van der Waals surface area contributed by atoms with Gasteiger partial charge in [-0.15, -0.1) is 0 Å². The molecule has 1 aliphatic heterocycles. The van der Waals surface area contributed by atoms with Crippen molar-refractivity contribution in [2.24, 2.45) is 5.92 Å². The topological polar surface area (TPSA) is 72.6 Å². The monoisotopic (exact) mass is 362 g/mol. The number of para-hydroxylation sites is 1. The standard InChI is InChI=1S/C13H19BrN2O3S/c1-20(17,18)16-7-3-4-10(8-16)9-19-13-11(14)5-2-6-12(13)15/h2,5-6,10H,3-4,7-9,15H2,1H3. The Labute approximate surface area is 128 Å². The molecule has 0 aromatic heterocycles. The number of nitrogen functional groups attached to an aromatic ring is 1. The average molecular weight is 363 g/mol. The molecule has 112 valence electrons.